The molecule has 1 saturated carbocycles. The lowest BCUT2D eigenvalue weighted by Gasteiger charge is -2.29. The molecule has 0 aromatic rings. The molecule has 1 atom stereocenters. The molecular weight excluding hydrogens is 254 g/mol. The van der Waals surface area contributed by atoms with Crippen LogP contribution < -0.4 is 0 Å². The molecule has 0 aromatic carbocycles. The van der Waals surface area contributed by atoms with Crippen LogP contribution in [0.25, 0.3) is 0 Å². The van der Waals surface area contributed by atoms with Gasteiger partial charge in [-0.25, -0.2) is 12.7 Å². The Kier molecular flexibility index (Phi) is 5.59. The number of hydrogen-bond donors (Lipinski definition) is 1. The summed E-state index contributed by atoms with van der Waals surface area (Å²) in [6.07, 6.45) is 4.43. The Morgan fingerprint density at radius 2 is 1.89 bits per heavy atom. The third kappa shape index (κ3) is 3.68. The maximum absolute atomic E-state index is 12.4. The first kappa shape index (κ1) is 15.4. The number of rotatable bonds is 6. The van der Waals surface area contributed by atoms with Gasteiger partial charge in [-0.05, 0) is 12.8 Å². The third-order valence-corrected chi connectivity index (χ3v) is 6.03. The summed E-state index contributed by atoms with van der Waals surface area (Å²) < 4.78 is 26.2. The van der Waals surface area contributed by atoms with Crippen molar-refractivity contribution >= 4 is 16.0 Å². The molecule has 1 unspecified atom stereocenters. The van der Waals surface area contributed by atoms with Crippen molar-refractivity contribution in [2.45, 2.75) is 51.2 Å². The van der Waals surface area contributed by atoms with Crippen LogP contribution in [0.4, 0.5) is 0 Å². The molecule has 0 saturated heterocycles. The molecule has 106 valence electrons. The van der Waals surface area contributed by atoms with Gasteiger partial charge in [0, 0.05) is 13.1 Å². The number of nitrogens with zero attached hydrogens (tertiary/aromatic N) is 1. The Labute approximate surface area is 109 Å². The van der Waals surface area contributed by atoms with E-state index in [0.717, 1.165) is 19.3 Å². The number of aliphatic carboxylic acids is 1. The summed E-state index contributed by atoms with van der Waals surface area (Å²) in [5.41, 5.74) is 0. The summed E-state index contributed by atoms with van der Waals surface area (Å²) in [7, 11) is -3.33. The van der Waals surface area contributed by atoms with Gasteiger partial charge in [0.25, 0.3) is 0 Å². The van der Waals surface area contributed by atoms with E-state index in [9.17, 15) is 13.2 Å². The van der Waals surface area contributed by atoms with Gasteiger partial charge in [0.1, 0.15) is 0 Å². The molecule has 0 radical (unpaired) electrons. The maximum Gasteiger partial charge on any atom is 0.307 e. The van der Waals surface area contributed by atoms with E-state index in [4.69, 9.17) is 5.11 Å². The molecule has 1 N–H and O–H groups in total. The number of hydrogen-bond acceptors (Lipinski definition) is 3. The molecule has 18 heavy (non-hydrogen) atoms. The minimum Gasteiger partial charge on any atom is -0.481 e. The first-order valence-electron chi connectivity index (χ1n) is 6.61. The van der Waals surface area contributed by atoms with E-state index >= 15 is 0 Å². The van der Waals surface area contributed by atoms with E-state index in [0.29, 0.717) is 19.4 Å². The molecule has 0 bridgehead atoms. The summed E-state index contributed by atoms with van der Waals surface area (Å²) >= 11 is 0. The first-order valence-corrected chi connectivity index (χ1v) is 8.11. The largest absolute Gasteiger partial charge is 0.481 e. The van der Waals surface area contributed by atoms with Crippen LogP contribution in [-0.4, -0.2) is 42.1 Å². The van der Waals surface area contributed by atoms with Crippen LogP contribution in [0.2, 0.25) is 0 Å². The highest BCUT2D eigenvalue weighted by Crippen LogP contribution is 2.26. The molecule has 5 nitrogen and oxygen atoms in total. The van der Waals surface area contributed by atoms with Crippen molar-refractivity contribution in [3.8, 4) is 0 Å². The maximum atomic E-state index is 12.4. The van der Waals surface area contributed by atoms with Crippen LogP contribution in [0, 0.1) is 5.92 Å². The van der Waals surface area contributed by atoms with E-state index in [2.05, 4.69) is 0 Å². The van der Waals surface area contributed by atoms with Gasteiger partial charge in [0.15, 0.2) is 0 Å². The fourth-order valence-electron chi connectivity index (χ4n) is 2.37. The number of carbonyl (C=O) groups is 1. The minimum atomic E-state index is -3.33. The standard InChI is InChI=1S/C12H23NO4S/c1-3-13(9-10(2)12(14)15)18(16,17)11-7-5-4-6-8-11/h10-11H,3-9H2,1-2H3,(H,14,15). The zero-order valence-corrected chi connectivity index (χ0v) is 11.9. The highest BCUT2D eigenvalue weighted by Gasteiger charge is 2.33. The highest BCUT2D eigenvalue weighted by molar-refractivity contribution is 7.89. The average molecular weight is 277 g/mol. The minimum absolute atomic E-state index is 0.0741. The van der Waals surface area contributed by atoms with Gasteiger partial charge in [0.2, 0.25) is 10.0 Å². The lowest BCUT2D eigenvalue weighted by atomic mass is 10.0. The van der Waals surface area contributed by atoms with Gasteiger partial charge < -0.3 is 5.11 Å². The zero-order chi connectivity index (χ0) is 13.8. The summed E-state index contributed by atoms with van der Waals surface area (Å²) in [5.74, 6) is -1.62. The lowest BCUT2D eigenvalue weighted by molar-refractivity contribution is -0.141. The van der Waals surface area contributed by atoms with Crippen LogP contribution >= 0.6 is 0 Å². The summed E-state index contributed by atoms with van der Waals surface area (Å²) in [6.45, 7) is 3.72. The summed E-state index contributed by atoms with van der Waals surface area (Å²) in [4.78, 5) is 10.8. The van der Waals surface area contributed by atoms with Crippen molar-refractivity contribution < 1.29 is 18.3 Å². The highest BCUT2D eigenvalue weighted by atomic mass is 32.2. The molecule has 1 rings (SSSR count). The van der Waals surface area contributed by atoms with Crippen molar-refractivity contribution in [3.05, 3.63) is 0 Å². The Hall–Kier alpha value is -0.620. The predicted octanol–water partition coefficient (Wildman–Crippen LogP) is 1.69. The van der Waals surface area contributed by atoms with E-state index in [1.54, 1.807) is 13.8 Å². The van der Waals surface area contributed by atoms with Crippen LogP contribution in [0.3, 0.4) is 0 Å². The van der Waals surface area contributed by atoms with E-state index in [-0.39, 0.29) is 11.8 Å². The molecule has 1 aliphatic carbocycles. The van der Waals surface area contributed by atoms with Crippen LogP contribution in [0.5, 0.6) is 0 Å². The summed E-state index contributed by atoms with van der Waals surface area (Å²) in [5, 5.41) is 8.57. The monoisotopic (exact) mass is 277 g/mol. The Balaban J connectivity index is 2.75. The van der Waals surface area contributed by atoms with Gasteiger partial charge in [0.05, 0.1) is 11.2 Å². The van der Waals surface area contributed by atoms with Gasteiger partial charge in [-0.15, -0.1) is 0 Å². The quantitative estimate of drug-likeness (QED) is 0.801. The molecule has 0 spiro atoms. The van der Waals surface area contributed by atoms with Crippen molar-refractivity contribution in [1.29, 1.82) is 0 Å². The first-order chi connectivity index (χ1) is 8.39. The number of sulfonamides is 1. The number of carboxylic acids is 1. The normalized spacial score (nSPS) is 19.9. The third-order valence-electron chi connectivity index (χ3n) is 3.59. The fourth-order valence-corrected chi connectivity index (χ4v) is 4.51. The molecule has 0 aliphatic heterocycles. The number of carboxylic acid groups (broad SMARTS) is 1. The second-order valence-corrected chi connectivity index (χ2v) is 7.21. The average Bonchev–Trinajstić information content (AvgIpc) is 2.36. The predicted molar refractivity (Wildman–Crippen MR) is 69.8 cm³/mol. The van der Waals surface area contributed by atoms with Crippen molar-refractivity contribution in [2.75, 3.05) is 13.1 Å². The summed E-state index contributed by atoms with van der Waals surface area (Å²) in [6, 6.07) is 0. The molecule has 6 heteroatoms. The van der Waals surface area contributed by atoms with Gasteiger partial charge in [-0.1, -0.05) is 33.1 Å². The van der Waals surface area contributed by atoms with Gasteiger partial charge in [-0.3, -0.25) is 4.79 Å². The molecular formula is C12H23NO4S. The van der Waals surface area contributed by atoms with Crippen LogP contribution in [-0.2, 0) is 14.8 Å². The Morgan fingerprint density at radius 1 is 1.33 bits per heavy atom. The molecule has 0 heterocycles. The van der Waals surface area contributed by atoms with Crippen molar-refractivity contribution in [3.63, 3.8) is 0 Å². The second kappa shape index (κ2) is 6.52. The van der Waals surface area contributed by atoms with E-state index in [1.807, 2.05) is 0 Å². The Morgan fingerprint density at radius 3 is 2.33 bits per heavy atom. The van der Waals surface area contributed by atoms with Gasteiger partial charge >= 0.3 is 5.97 Å². The SMILES string of the molecule is CCN(CC(C)C(=O)O)S(=O)(=O)C1CCCCC1. The molecule has 0 aromatic heterocycles. The van der Waals surface area contributed by atoms with Crippen molar-refractivity contribution in [2.24, 2.45) is 5.92 Å². The van der Waals surface area contributed by atoms with Gasteiger partial charge in [-0.2, -0.15) is 0 Å². The Bertz CT molecular complexity index is 374. The van der Waals surface area contributed by atoms with E-state index < -0.39 is 21.9 Å². The lowest BCUT2D eigenvalue weighted by Crippen LogP contribution is -2.42. The smallest absolute Gasteiger partial charge is 0.307 e. The second-order valence-electron chi connectivity index (χ2n) is 4.99. The molecule has 0 amide bonds. The van der Waals surface area contributed by atoms with Crippen LogP contribution in [0.15, 0.2) is 0 Å². The molecule has 1 aliphatic rings. The molecule has 1 fully saturated rings. The van der Waals surface area contributed by atoms with Crippen molar-refractivity contribution in [1.82, 2.24) is 4.31 Å². The fraction of sp³-hybridized carbons (Fsp3) is 0.917. The topological polar surface area (TPSA) is 74.7 Å². The van der Waals surface area contributed by atoms with E-state index in [1.165, 1.54) is 4.31 Å². The van der Waals surface area contributed by atoms with Crippen LogP contribution in [0.1, 0.15) is 46.0 Å². The zero-order valence-electron chi connectivity index (χ0n) is 11.1.